The Morgan fingerprint density at radius 1 is 0.960 bits per heavy atom. The van der Waals surface area contributed by atoms with Gasteiger partial charge >= 0.3 is 0 Å². The third-order valence-corrected chi connectivity index (χ3v) is 4.82. The molecule has 0 saturated heterocycles. The molecule has 0 saturated carbocycles. The van der Waals surface area contributed by atoms with Crippen LogP contribution < -0.4 is 5.32 Å². The third kappa shape index (κ3) is 3.41. The van der Waals surface area contributed by atoms with Crippen molar-refractivity contribution >= 4 is 34.4 Å². The van der Waals surface area contributed by atoms with Gasteiger partial charge in [0.1, 0.15) is 5.69 Å². The van der Waals surface area contributed by atoms with Crippen LogP contribution in [0.1, 0.15) is 10.5 Å². The summed E-state index contributed by atoms with van der Waals surface area (Å²) < 4.78 is 0. The average molecular weight is 345 g/mol. The molecule has 5 heteroatoms. The number of pyridine rings is 1. The van der Waals surface area contributed by atoms with E-state index in [1.54, 1.807) is 24.0 Å². The van der Waals surface area contributed by atoms with Crippen molar-refractivity contribution in [3.63, 3.8) is 0 Å². The normalized spacial score (nSPS) is 10.7. The van der Waals surface area contributed by atoms with Crippen molar-refractivity contribution in [2.45, 2.75) is 9.79 Å². The van der Waals surface area contributed by atoms with Crippen LogP contribution in [0.25, 0.3) is 11.0 Å². The van der Waals surface area contributed by atoms with Gasteiger partial charge < -0.3 is 10.3 Å². The van der Waals surface area contributed by atoms with Crippen molar-refractivity contribution in [2.75, 3.05) is 5.32 Å². The molecule has 2 aromatic carbocycles. The van der Waals surface area contributed by atoms with E-state index in [9.17, 15) is 4.79 Å². The highest BCUT2D eigenvalue weighted by molar-refractivity contribution is 7.99. The predicted molar refractivity (Wildman–Crippen MR) is 101 cm³/mol. The van der Waals surface area contributed by atoms with Gasteiger partial charge in [0, 0.05) is 16.0 Å². The van der Waals surface area contributed by atoms with E-state index in [1.807, 2.05) is 66.7 Å². The number of nitrogens with zero attached hydrogens (tertiary/aromatic N) is 1. The Balaban J connectivity index is 1.59. The lowest BCUT2D eigenvalue weighted by Crippen LogP contribution is -2.12. The molecule has 2 aromatic heterocycles. The Morgan fingerprint density at radius 3 is 2.60 bits per heavy atom. The highest BCUT2D eigenvalue weighted by Crippen LogP contribution is 2.33. The van der Waals surface area contributed by atoms with Gasteiger partial charge in [-0.15, -0.1) is 0 Å². The predicted octanol–water partition coefficient (Wildman–Crippen LogP) is 4.97. The van der Waals surface area contributed by atoms with E-state index >= 15 is 0 Å². The van der Waals surface area contributed by atoms with Crippen molar-refractivity contribution in [3.05, 3.63) is 84.7 Å². The van der Waals surface area contributed by atoms with Gasteiger partial charge in [-0.25, -0.2) is 0 Å². The molecule has 2 N–H and O–H groups in total. The lowest BCUT2D eigenvalue weighted by molar-refractivity contribution is 0.102. The second-order valence-electron chi connectivity index (χ2n) is 5.48. The number of aromatic amines is 1. The number of H-pyrrole nitrogens is 1. The number of nitrogens with one attached hydrogen (secondary N) is 2. The number of carbonyl (C=O) groups excluding carboxylic acids is 1. The van der Waals surface area contributed by atoms with Crippen molar-refractivity contribution in [1.29, 1.82) is 0 Å². The second kappa shape index (κ2) is 6.83. The summed E-state index contributed by atoms with van der Waals surface area (Å²) in [5, 5.41) is 2.99. The minimum atomic E-state index is -0.181. The van der Waals surface area contributed by atoms with Crippen LogP contribution in [0.15, 0.2) is 88.8 Å². The minimum Gasteiger partial charge on any atom is -0.349 e. The van der Waals surface area contributed by atoms with Gasteiger partial charge in [0.05, 0.1) is 16.7 Å². The largest absolute Gasteiger partial charge is 0.349 e. The zero-order valence-corrected chi connectivity index (χ0v) is 14.1. The lowest BCUT2D eigenvalue weighted by atomic mass is 10.3. The Morgan fingerprint density at radius 2 is 1.76 bits per heavy atom. The topological polar surface area (TPSA) is 57.8 Å². The summed E-state index contributed by atoms with van der Waals surface area (Å²) in [6.07, 6.45) is 1.71. The highest BCUT2D eigenvalue weighted by Gasteiger charge is 2.12. The van der Waals surface area contributed by atoms with Gasteiger partial charge in [-0.2, -0.15) is 0 Å². The molecule has 0 spiro atoms. The van der Waals surface area contributed by atoms with Gasteiger partial charge in [0.15, 0.2) is 0 Å². The first-order valence-corrected chi connectivity index (χ1v) is 8.68. The van der Waals surface area contributed by atoms with Crippen molar-refractivity contribution in [3.8, 4) is 0 Å². The summed E-state index contributed by atoms with van der Waals surface area (Å²) in [5.41, 5.74) is 2.90. The number of amides is 1. The van der Waals surface area contributed by atoms with Gasteiger partial charge in [-0.3, -0.25) is 9.78 Å². The molecule has 0 aliphatic heterocycles. The molecule has 0 fully saturated rings. The van der Waals surface area contributed by atoms with Gasteiger partial charge in [0.25, 0.3) is 5.91 Å². The average Bonchev–Trinajstić information content (AvgIpc) is 3.09. The number of benzene rings is 2. The molecule has 2 heterocycles. The van der Waals surface area contributed by atoms with Crippen LogP contribution in [-0.4, -0.2) is 15.9 Å². The van der Waals surface area contributed by atoms with Crippen molar-refractivity contribution in [1.82, 2.24) is 9.97 Å². The van der Waals surface area contributed by atoms with Crippen LogP contribution >= 0.6 is 11.8 Å². The molecule has 0 aliphatic rings. The van der Waals surface area contributed by atoms with E-state index in [4.69, 9.17) is 0 Å². The summed E-state index contributed by atoms with van der Waals surface area (Å²) in [7, 11) is 0. The first-order chi connectivity index (χ1) is 12.3. The molecule has 0 unspecified atom stereocenters. The molecule has 1 amide bonds. The molecule has 4 nitrogen and oxygen atoms in total. The number of anilines is 1. The Labute approximate surface area is 149 Å². The molecule has 0 bridgehead atoms. The molecule has 4 rings (SSSR count). The molecule has 0 aliphatic carbocycles. The lowest BCUT2D eigenvalue weighted by Gasteiger charge is -2.10. The number of fused-ring (bicyclic) bond motifs is 1. The fourth-order valence-electron chi connectivity index (χ4n) is 2.54. The van der Waals surface area contributed by atoms with Crippen LogP contribution in [0.4, 0.5) is 5.69 Å². The van der Waals surface area contributed by atoms with E-state index < -0.39 is 0 Å². The maximum absolute atomic E-state index is 12.6. The van der Waals surface area contributed by atoms with E-state index in [2.05, 4.69) is 15.3 Å². The van der Waals surface area contributed by atoms with Gasteiger partial charge in [-0.05, 0) is 42.5 Å². The highest BCUT2D eigenvalue weighted by atomic mass is 32.2. The van der Waals surface area contributed by atoms with Gasteiger partial charge in [0.2, 0.25) is 0 Å². The van der Waals surface area contributed by atoms with Crippen LogP contribution in [0.2, 0.25) is 0 Å². The smallest absolute Gasteiger partial charge is 0.272 e. The molecule has 0 atom stereocenters. The number of hydrogen-bond donors (Lipinski definition) is 2. The standard InChI is InChI=1S/C20H15N3OS/c24-20(18-13-17-15(22-18)10-6-12-21-17)23-16-9-4-5-11-19(16)25-14-7-2-1-3-8-14/h1-13,22H,(H,23,24). The molecular formula is C20H15N3OS. The van der Waals surface area contributed by atoms with Crippen molar-refractivity contribution in [2.24, 2.45) is 0 Å². The monoisotopic (exact) mass is 345 g/mol. The molecular weight excluding hydrogens is 330 g/mol. The van der Waals surface area contributed by atoms with Crippen LogP contribution in [0, 0.1) is 0 Å². The fraction of sp³-hybridized carbons (Fsp3) is 0. The Bertz CT molecular complexity index is 994. The van der Waals surface area contributed by atoms with Gasteiger partial charge in [-0.1, -0.05) is 42.1 Å². The zero-order valence-electron chi connectivity index (χ0n) is 13.3. The van der Waals surface area contributed by atoms with Crippen LogP contribution in [0.3, 0.4) is 0 Å². The minimum absolute atomic E-state index is 0.181. The number of carbonyl (C=O) groups is 1. The molecule has 122 valence electrons. The van der Waals surface area contributed by atoms with E-state index in [0.29, 0.717) is 5.69 Å². The van der Waals surface area contributed by atoms with Crippen LogP contribution in [0.5, 0.6) is 0 Å². The maximum atomic E-state index is 12.6. The molecule has 25 heavy (non-hydrogen) atoms. The number of hydrogen-bond acceptors (Lipinski definition) is 3. The Kier molecular flexibility index (Phi) is 4.23. The SMILES string of the molecule is O=C(Nc1ccccc1Sc1ccccc1)c1cc2ncccc2[nH]1. The van der Waals surface area contributed by atoms with Crippen LogP contribution in [-0.2, 0) is 0 Å². The number of aromatic nitrogens is 2. The third-order valence-electron chi connectivity index (χ3n) is 3.74. The number of para-hydroxylation sites is 1. The number of rotatable bonds is 4. The van der Waals surface area contributed by atoms with E-state index in [1.165, 1.54) is 0 Å². The summed E-state index contributed by atoms with van der Waals surface area (Å²) in [6.45, 7) is 0. The Hall–Kier alpha value is -3.05. The first-order valence-electron chi connectivity index (χ1n) is 7.86. The first kappa shape index (κ1) is 15.5. The second-order valence-corrected chi connectivity index (χ2v) is 6.60. The van der Waals surface area contributed by atoms with Crippen molar-refractivity contribution < 1.29 is 4.79 Å². The van der Waals surface area contributed by atoms with E-state index in [-0.39, 0.29) is 5.91 Å². The van der Waals surface area contributed by atoms with E-state index in [0.717, 1.165) is 26.5 Å². The summed E-state index contributed by atoms with van der Waals surface area (Å²) in [6, 6.07) is 23.4. The summed E-state index contributed by atoms with van der Waals surface area (Å²) in [4.78, 5) is 22.1. The molecule has 4 aromatic rings. The summed E-state index contributed by atoms with van der Waals surface area (Å²) in [5.74, 6) is -0.181. The fourth-order valence-corrected chi connectivity index (χ4v) is 3.47. The molecule has 0 radical (unpaired) electrons. The summed E-state index contributed by atoms with van der Waals surface area (Å²) >= 11 is 1.62. The quantitative estimate of drug-likeness (QED) is 0.549. The zero-order chi connectivity index (χ0) is 17.1. The maximum Gasteiger partial charge on any atom is 0.272 e.